The molecule has 0 unspecified atom stereocenters. The smallest absolute Gasteiger partial charge is 0.252 e. The Hall–Kier alpha value is -3.07. The van der Waals surface area contributed by atoms with Gasteiger partial charge in [-0.1, -0.05) is 6.07 Å². The van der Waals surface area contributed by atoms with E-state index in [0.29, 0.717) is 17.5 Å². The number of hydrogen-bond acceptors (Lipinski definition) is 7. The Morgan fingerprint density at radius 1 is 1.21 bits per heavy atom. The van der Waals surface area contributed by atoms with Gasteiger partial charge in [-0.3, -0.25) is 4.79 Å². The molecular weight excluding hydrogens is 390 g/mol. The van der Waals surface area contributed by atoms with E-state index in [1.165, 1.54) is 18.9 Å². The molecule has 1 aliphatic rings. The average Bonchev–Trinajstić information content (AvgIpc) is 2.87. The highest BCUT2D eigenvalue weighted by atomic mass is 32.2. The van der Waals surface area contributed by atoms with Crippen LogP contribution in [0, 0.1) is 20.8 Å². The van der Waals surface area contributed by atoms with E-state index in [4.69, 9.17) is 4.74 Å². The summed E-state index contributed by atoms with van der Waals surface area (Å²) in [4.78, 5) is 21.4. The monoisotopic (exact) mass is 411 g/mol. The van der Waals surface area contributed by atoms with Crippen LogP contribution >= 0.6 is 11.8 Å². The summed E-state index contributed by atoms with van der Waals surface area (Å²) >= 11 is 1.50. The van der Waals surface area contributed by atoms with Gasteiger partial charge in [-0.05, 0) is 44.5 Å². The fraction of sp³-hybridized carbons (Fsp3) is 0.300. The van der Waals surface area contributed by atoms with Gasteiger partial charge in [0.15, 0.2) is 11.5 Å². The number of carbonyl (C=O) groups excluding carboxylic acids is 1. The topological polar surface area (TPSA) is 102 Å². The maximum atomic E-state index is 12.4. The van der Waals surface area contributed by atoms with Gasteiger partial charge in [-0.25, -0.2) is 9.97 Å². The molecule has 8 nitrogen and oxygen atoms in total. The molecule has 1 aromatic carbocycles. The number of aryl methyl sites for hydroxylation is 3. The Kier molecular flexibility index (Phi) is 4.91. The van der Waals surface area contributed by atoms with Crippen molar-refractivity contribution in [1.82, 2.24) is 19.7 Å². The molecule has 0 spiro atoms. The molecule has 150 valence electrons. The van der Waals surface area contributed by atoms with Crippen LogP contribution in [0.2, 0.25) is 0 Å². The summed E-state index contributed by atoms with van der Waals surface area (Å²) in [5.74, 6) is 1.61. The third-order valence-electron chi connectivity index (χ3n) is 4.67. The van der Waals surface area contributed by atoms with Gasteiger partial charge in [-0.2, -0.15) is 9.78 Å². The van der Waals surface area contributed by atoms with E-state index in [9.17, 15) is 9.90 Å². The van der Waals surface area contributed by atoms with Crippen LogP contribution in [0.5, 0.6) is 11.5 Å². The molecule has 1 aliphatic heterocycles. The summed E-state index contributed by atoms with van der Waals surface area (Å²) in [5.41, 5.74) is 4.21. The lowest BCUT2D eigenvalue weighted by Gasteiger charge is -2.16. The van der Waals surface area contributed by atoms with Crippen LogP contribution in [0.15, 0.2) is 24.3 Å². The van der Waals surface area contributed by atoms with E-state index in [-0.39, 0.29) is 22.7 Å². The summed E-state index contributed by atoms with van der Waals surface area (Å²) < 4.78 is 6.86. The first kappa shape index (κ1) is 19.3. The maximum absolute atomic E-state index is 12.4. The third-order valence-corrected chi connectivity index (χ3v) is 5.94. The van der Waals surface area contributed by atoms with E-state index in [1.54, 1.807) is 16.8 Å². The van der Waals surface area contributed by atoms with Gasteiger partial charge in [0.1, 0.15) is 5.82 Å². The van der Waals surface area contributed by atoms with E-state index in [0.717, 1.165) is 28.2 Å². The summed E-state index contributed by atoms with van der Waals surface area (Å²) in [6.45, 7) is 5.70. The zero-order valence-electron chi connectivity index (χ0n) is 16.6. The summed E-state index contributed by atoms with van der Waals surface area (Å²) in [7, 11) is 1.51. The summed E-state index contributed by atoms with van der Waals surface area (Å²) in [5, 5.41) is 17.4. The number of nitrogens with one attached hydrogen (secondary N) is 1. The molecule has 1 amide bonds. The number of thioether (sulfide) groups is 1. The predicted molar refractivity (Wildman–Crippen MR) is 111 cm³/mol. The van der Waals surface area contributed by atoms with Crippen molar-refractivity contribution in [3.8, 4) is 17.4 Å². The minimum atomic E-state index is -0.168. The van der Waals surface area contributed by atoms with Crippen molar-refractivity contribution < 1.29 is 14.6 Å². The first-order valence-corrected chi connectivity index (χ1v) is 10.1. The van der Waals surface area contributed by atoms with Crippen LogP contribution in [-0.4, -0.2) is 43.6 Å². The minimum Gasteiger partial charge on any atom is -0.504 e. The molecule has 0 saturated carbocycles. The number of rotatable bonds is 3. The van der Waals surface area contributed by atoms with E-state index >= 15 is 0 Å². The van der Waals surface area contributed by atoms with Crippen LogP contribution in [0.3, 0.4) is 0 Å². The Morgan fingerprint density at radius 3 is 2.62 bits per heavy atom. The van der Waals surface area contributed by atoms with Crippen LogP contribution < -0.4 is 10.1 Å². The molecular formula is C20H21N5O3S. The molecule has 4 rings (SSSR count). The first-order chi connectivity index (χ1) is 13.9. The zero-order chi connectivity index (χ0) is 20.7. The van der Waals surface area contributed by atoms with Crippen LogP contribution in [-0.2, 0) is 4.79 Å². The van der Waals surface area contributed by atoms with Crippen molar-refractivity contribution in [2.45, 2.75) is 26.0 Å². The Morgan fingerprint density at radius 2 is 1.93 bits per heavy atom. The molecule has 29 heavy (non-hydrogen) atoms. The lowest BCUT2D eigenvalue weighted by Crippen LogP contribution is -2.17. The standard InChI is InChI=1S/C20H21N5O3S/c1-10-7-11(2)22-20(21-10)25-19-17(12(3)24-25)18(29-9-16(27)23-19)13-5-6-14(26)15(8-13)28-4/h5-8,18,26H,9H2,1-4H3,(H,23,27)/t18-/m1/s1. The van der Waals surface area contributed by atoms with Crippen LogP contribution in [0.1, 0.15) is 33.5 Å². The van der Waals surface area contributed by atoms with Crippen molar-refractivity contribution in [1.29, 1.82) is 0 Å². The predicted octanol–water partition coefficient (Wildman–Crippen LogP) is 3.08. The number of carbonyl (C=O) groups is 1. The number of benzene rings is 1. The third kappa shape index (κ3) is 3.53. The number of amides is 1. The van der Waals surface area contributed by atoms with Gasteiger partial charge in [0.25, 0.3) is 5.95 Å². The Balaban J connectivity index is 1.90. The number of aromatic nitrogens is 4. The number of aromatic hydroxyl groups is 1. The fourth-order valence-electron chi connectivity index (χ4n) is 3.45. The number of hydrogen-bond donors (Lipinski definition) is 2. The summed E-state index contributed by atoms with van der Waals surface area (Å²) in [6.07, 6.45) is 0. The van der Waals surface area contributed by atoms with E-state index < -0.39 is 0 Å². The SMILES string of the molecule is COc1cc([C@H]2SCC(=O)Nc3c2c(C)nn3-c2nc(C)cc(C)n2)ccc1O. The molecule has 0 saturated heterocycles. The quantitative estimate of drug-likeness (QED) is 0.683. The second kappa shape index (κ2) is 7.40. The normalized spacial score (nSPS) is 16.1. The van der Waals surface area contributed by atoms with Gasteiger partial charge < -0.3 is 15.2 Å². The molecule has 1 atom stereocenters. The molecule has 2 N–H and O–H groups in total. The van der Waals surface area contributed by atoms with Gasteiger partial charge in [0.05, 0.1) is 23.8 Å². The lowest BCUT2D eigenvalue weighted by molar-refractivity contribution is -0.113. The van der Waals surface area contributed by atoms with Gasteiger partial charge >= 0.3 is 0 Å². The van der Waals surface area contributed by atoms with E-state index in [1.807, 2.05) is 32.9 Å². The number of ether oxygens (including phenoxy) is 1. The second-order valence-electron chi connectivity index (χ2n) is 6.88. The number of phenolic OH excluding ortho intramolecular Hbond substituents is 1. The molecule has 0 aliphatic carbocycles. The highest BCUT2D eigenvalue weighted by Crippen LogP contribution is 2.45. The maximum Gasteiger partial charge on any atom is 0.252 e. The Bertz CT molecular complexity index is 1090. The second-order valence-corrected chi connectivity index (χ2v) is 7.97. The van der Waals surface area contributed by atoms with Crippen LogP contribution in [0.25, 0.3) is 5.95 Å². The molecule has 3 heterocycles. The fourth-order valence-corrected chi connectivity index (χ4v) is 4.63. The van der Waals surface area contributed by atoms with Gasteiger partial charge in [-0.15, -0.1) is 11.8 Å². The lowest BCUT2D eigenvalue weighted by atomic mass is 10.0. The minimum absolute atomic E-state index is 0.0698. The number of anilines is 1. The molecule has 0 bridgehead atoms. The van der Waals surface area contributed by atoms with E-state index in [2.05, 4.69) is 20.4 Å². The van der Waals surface area contributed by atoms with Crippen molar-refractivity contribution in [3.05, 3.63) is 52.5 Å². The van der Waals surface area contributed by atoms with Crippen molar-refractivity contribution >= 4 is 23.5 Å². The van der Waals surface area contributed by atoms with Gasteiger partial charge in [0.2, 0.25) is 5.91 Å². The van der Waals surface area contributed by atoms with Crippen LogP contribution in [0.4, 0.5) is 5.82 Å². The van der Waals surface area contributed by atoms with Crippen molar-refractivity contribution in [2.75, 3.05) is 18.2 Å². The zero-order valence-corrected chi connectivity index (χ0v) is 17.4. The molecule has 2 aromatic heterocycles. The molecule has 3 aromatic rings. The van der Waals surface area contributed by atoms with Crippen molar-refractivity contribution in [3.63, 3.8) is 0 Å². The molecule has 9 heteroatoms. The van der Waals surface area contributed by atoms with Crippen molar-refractivity contribution in [2.24, 2.45) is 0 Å². The Labute approximate surface area is 172 Å². The summed E-state index contributed by atoms with van der Waals surface area (Å²) in [6, 6.07) is 7.11. The number of nitrogens with zero attached hydrogens (tertiary/aromatic N) is 4. The average molecular weight is 411 g/mol. The van der Waals surface area contributed by atoms with Gasteiger partial charge in [0, 0.05) is 17.0 Å². The molecule has 0 fully saturated rings. The first-order valence-electron chi connectivity index (χ1n) is 9.08. The largest absolute Gasteiger partial charge is 0.504 e. The highest BCUT2D eigenvalue weighted by molar-refractivity contribution is 8.00. The number of phenols is 1. The molecule has 0 radical (unpaired) electrons. The highest BCUT2D eigenvalue weighted by Gasteiger charge is 2.31. The number of fused-ring (bicyclic) bond motifs is 1. The number of methoxy groups -OCH3 is 1.